The highest BCUT2D eigenvalue weighted by atomic mass is 32.2. The quantitative estimate of drug-likeness (QED) is 0.448. The molecule has 1 aromatic rings. The minimum absolute atomic E-state index is 0.208. The molecule has 1 aliphatic heterocycles. The van der Waals surface area contributed by atoms with Gasteiger partial charge in [-0.15, -0.1) is 0 Å². The molecule has 0 spiro atoms. The first-order valence-corrected chi connectivity index (χ1v) is 11.0. The van der Waals surface area contributed by atoms with E-state index in [1.807, 2.05) is 6.92 Å². The first kappa shape index (κ1) is 22.2. The molecule has 2 amide bonds. The van der Waals surface area contributed by atoms with Gasteiger partial charge in [-0.25, -0.2) is 4.79 Å². The third-order valence-corrected chi connectivity index (χ3v) is 6.09. The zero-order chi connectivity index (χ0) is 21.5. The molecule has 2 fully saturated rings. The van der Waals surface area contributed by atoms with Crippen LogP contribution in [-0.2, 0) is 14.3 Å². The Morgan fingerprint density at radius 2 is 1.93 bits per heavy atom. The lowest BCUT2D eigenvalue weighted by Crippen LogP contribution is -2.34. The fourth-order valence-corrected chi connectivity index (χ4v) is 4.48. The van der Waals surface area contributed by atoms with Crippen LogP contribution < -0.4 is 9.47 Å². The summed E-state index contributed by atoms with van der Waals surface area (Å²) >= 11 is 0.971. The number of ether oxygens (including phenoxy) is 3. The predicted molar refractivity (Wildman–Crippen MR) is 114 cm³/mol. The van der Waals surface area contributed by atoms with E-state index >= 15 is 0 Å². The normalized spacial score (nSPS) is 18.7. The number of benzene rings is 1. The largest absolute Gasteiger partial charge is 0.490 e. The first-order valence-electron chi connectivity index (χ1n) is 10.2. The number of carbonyl (C=O) groups excluding carboxylic acids is 3. The summed E-state index contributed by atoms with van der Waals surface area (Å²) in [5, 5.41) is -0.208. The summed E-state index contributed by atoms with van der Waals surface area (Å²) < 4.78 is 15.6. The standard InChI is InChI=1S/C22H27NO6S/c1-3-28-18-11-16(9-10-17(18)29-14-20(24)27-2)12-19-21(25)23(22(26)30-19)13-15-7-5-4-6-8-15/h9-12,15H,3-8,13-14H2,1-2H3/b19-12+. The number of hydrogen-bond donors (Lipinski definition) is 0. The van der Waals surface area contributed by atoms with Crippen LogP contribution in [0.15, 0.2) is 23.1 Å². The molecule has 0 bridgehead atoms. The van der Waals surface area contributed by atoms with Gasteiger partial charge in [0.25, 0.3) is 11.1 Å². The van der Waals surface area contributed by atoms with Crippen LogP contribution in [-0.4, -0.2) is 48.9 Å². The summed E-state index contributed by atoms with van der Waals surface area (Å²) in [6.45, 7) is 2.53. The molecule has 7 nitrogen and oxygen atoms in total. The lowest BCUT2D eigenvalue weighted by Gasteiger charge is -2.25. The van der Waals surface area contributed by atoms with E-state index in [-0.39, 0.29) is 17.8 Å². The lowest BCUT2D eigenvalue weighted by molar-refractivity contribution is -0.142. The van der Waals surface area contributed by atoms with Crippen LogP contribution in [0.4, 0.5) is 4.79 Å². The van der Waals surface area contributed by atoms with Gasteiger partial charge in [0.15, 0.2) is 18.1 Å². The van der Waals surface area contributed by atoms with E-state index in [2.05, 4.69) is 4.74 Å². The molecule has 30 heavy (non-hydrogen) atoms. The van der Waals surface area contributed by atoms with Crippen molar-refractivity contribution in [3.8, 4) is 11.5 Å². The maximum absolute atomic E-state index is 12.8. The smallest absolute Gasteiger partial charge is 0.343 e. The van der Waals surface area contributed by atoms with Crippen molar-refractivity contribution in [2.45, 2.75) is 39.0 Å². The van der Waals surface area contributed by atoms with Gasteiger partial charge < -0.3 is 14.2 Å². The predicted octanol–water partition coefficient (Wildman–Crippen LogP) is 4.25. The average molecular weight is 434 g/mol. The van der Waals surface area contributed by atoms with E-state index in [0.29, 0.717) is 41.0 Å². The first-order chi connectivity index (χ1) is 14.5. The molecule has 0 N–H and O–H groups in total. The molecular formula is C22H27NO6S. The number of methoxy groups -OCH3 is 1. The number of carbonyl (C=O) groups is 3. The average Bonchev–Trinajstić information content (AvgIpc) is 3.01. The highest BCUT2D eigenvalue weighted by molar-refractivity contribution is 8.18. The Kier molecular flexibility index (Phi) is 7.79. The molecule has 162 valence electrons. The van der Waals surface area contributed by atoms with Gasteiger partial charge in [-0.05, 0) is 61.2 Å². The van der Waals surface area contributed by atoms with Gasteiger partial charge in [-0.2, -0.15) is 0 Å². The van der Waals surface area contributed by atoms with Crippen molar-refractivity contribution in [1.29, 1.82) is 0 Å². The van der Waals surface area contributed by atoms with E-state index in [9.17, 15) is 14.4 Å². The zero-order valence-electron chi connectivity index (χ0n) is 17.3. The third-order valence-electron chi connectivity index (χ3n) is 5.18. The molecule has 0 aromatic heterocycles. The summed E-state index contributed by atoms with van der Waals surface area (Å²) in [4.78, 5) is 38.3. The Bertz CT molecular complexity index is 831. The maximum Gasteiger partial charge on any atom is 0.343 e. The molecule has 1 aliphatic carbocycles. The second kappa shape index (κ2) is 10.5. The Morgan fingerprint density at radius 1 is 1.17 bits per heavy atom. The van der Waals surface area contributed by atoms with Gasteiger partial charge in [0, 0.05) is 6.54 Å². The molecule has 2 aliphatic rings. The highest BCUT2D eigenvalue weighted by Crippen LogP contribution is 2.36. The number of imide groups is 1. The fourth-order valence-electron chi connectivity index (χ4n) is 3.63. The van der Waals surface area contributed by atoms with Crippen LogP contribution in [0.3, 0.4) is 0 Å². The van der Waals surface area contributed by atoms with Crippen LogP contribution in [0, 0.1) is 5.92 Å². The number of nitrogens with zero attached hydrogens (tertiary/aromatic N) is 1. The zero-order valence-corrected chi connectivity index (χ0v) is 18.2. The van der Waals surface area contributed by atoms with Crippen molar-refractivity contribution in [1.82, 2.24) is 4.90 Å². The second-order valence-corrected chi connectivity index (χ2v) is 8.29. The molecule has 0 unspecified atom stereocenters. The number of hydrogen-bond acceptors (Lipinski definition) is 7. The molecule has 0 radical (unpaired) electrons. The third kappa shape index (κ3) is 5.56. The maximum atomic E-state index is 12.8. The van der Waals surface area contributed by atoms with Crippen molar-refractivity contribution in [3.63, 3.8) is 0 Å². The lowest BCUT2D eigenvalue weighted by atomic mass is 9.89. The van der Waals surface area contributed by atoms with Crippen LogP contribution in [0.2, 0.25) is 0 Å². The number of rotatable bonds is 8. The van der Waals surface area contributed by atoms with Crippen molar-refractivity contribution >= 4 is 35.0 Å². The molecular weight excluding hydrogens is 406 g/mol. The Hall–Kier alpha value is -2.48. The molecule has 1 saturated carbocycles. The van der Waals surface area contributed by atoms with E-state index < -0.39 is 5.97 Å². The van der Waals surface area contributed by atoms with Gasteiger partial charge in [-0.1, -0.05) is 25.3 Å². The minimum Gasteiger partial charge on any atom is -0.490 e. The Balaban J connectivity index is 1.73. The summed E-state index contributed by atoms with van der Waals surface area (Å²) in [6.07, 6.45) is 7.41. The minimum atomic E-state index is -0.492. The fraction of sp³-hybridized carbons (Fsp3) is 0.500. The number of esters is 1. The van der Waals surface area contributed by atoms with Gasteiger partial charge >= 0.3 is 5.97 Å². The highest BCUT2D eigenvalue weighted by Gasteiger charge is 2.36. The molecule has 3 rings (SSSR count). The topological polar surface area (TPSA) is 82.1 Å². The molecule has 1 heterocycles. The summed E-state index contributed by atoms with van der Waals surface area (Å²) in [6, 6.07) is 5.15. The van der Waals surface area contributed by atoms with Crippen LogP contribution >= 0.6 is 11.8 Å². The van der Waals surface area contributed by atoms with E-state index in [4.69, 9.17) is 9.47 Å². The molecule has 1 aromatic carbocycles. The second-order valence-electron chi connectivity index (χ2n) is 7.30. The number of amides is 2. The van der Waals surface area contributed by atoms with Gasteiger partial charge in [0.05, 0.1) is 18.6 Å². The van der Waals surface area contributed by atoms with Crippen molar-refractivity contribution in [3.05, 3.63) is 28.7 Å². The van der Waals surface area contributed by atoms with Crippen LogP contribution in [0.5, 0.6) is 11.5 Å². The summed E-state index contributed by atoms with van der Waals surface area (Å²) in [7, 11) is 1.29. The molecule has 8 heteroatoms. The van der Waals surface area contributed by atoms with Crippen LogP contribution in [0.1, 0.15) is 44.6 Å². The van der Waals surface area contributed by atoms with E-state index in [1.165, 1.54) is 31.3 Å². The summed E-state index contributed by atoms with van der Waals surface area (Å²) in [5.41, 5.74) is 0.715. The van der Waals surface area contributed by atoms with Gasteiger partial charge in [-0.3, -0.25) is 14.5 Å². The molecule has 0 atom stereocenters. The van der Waals surface area contributed by atoms with Gasteiger partial charge in [0.1, 0.15) is 0 Å². The Labute approximate surface area is 180 Å². The van der Waals surface area contributed by atoms with E-state index in [0.717, 1.165) is 24.6 Å². The van der Waals surface area contributed by atoms with E-state index in [1.54, 1.807) is 24.3 Å². The van der Waals surface area contributed by atoms with Crippen molar-refractivity contribution in [2.75, 3.05) is 26.9 Å². The van der Waals surface area contributed by atoms with Gasteiger partial charge in [0.2, 0.25) is 0 Å². The number of thioether (sulfide) groups is 1. The molecule has 1 saturated heterocycles. The SMILES string of the molecule is CCOc1cc(/C=C2/SC(=O)N(CC3CCCCC3)C2=O)ccc1OCC(=O)OC. The van der Waals surface area contributed by atoms with Crippen molar-refractivity contribution < 1.29 is 28.6 Å². The Morgan fingerprint density at radius 3 is 2.63 bits per heavy atom. The monoisotopic (exact) mass is 433 g/mol. The van der Waals surface area contributed by atoms with Crippen LogP contribution in [0.25, 0.3) is 6.08 Å². The van der Waals surface area contributed by atoms with Crippen molar-refractivity contribution in [2.24, 2.45) is 5.92 Å². The summed E-state index contributed by atoms with van der Waals surface area (Å²) in [5.74, 6) is 0.538.